The normalized spacial score (nSPS) is 13.1. The molecule has 1 aromatic rings. The molecule has 0 radical (unpaired) electrons. The van der Waals surface area contributed by atoms with Gasteiger partial charge in [0.1, 0.15) is 5.82 Å². The second kappa shape index (κ2) is 6.97. The summed E-state index contributed by atoms with van der Waals surface area (Å²) in [5.41, 5.74) is 1.03. The molecule has 1 aromatic carbocycles. The van der Waals surface area contributed by atoms with Crippen molar-refractivity contribution in [3.63, 3.8) is 0 Å². The molecule has 0 aliphatic carbocycles. The molecular weight excluding hydrogens is 237 g/mol. The molecule has 1 N–H and O–H groups in total. The van der Waals surface area contributed by atoms with Gasteiger partial charge in [0.05, 0.1) is 0 Å². The number of benzene rings is 1. The number of hydrogen-bond acceptors (Lipinski definition) is 1. The topological polar surface area (TPSA) is 12.0 Å². The Morgan fingerprint density at radius 3 is 2.59 bits per heavy atom. The largest absolute Gasteiger partial charge is 0.317 e. The zero-order valence-corrected chi connectivity index (χ0v) is 11.5. The molecule has 3 heteroatoms. The van der Waals surface area contributed by atoms with Gasteiger partial charge in [-0.05, 0) is 49.9 Å². The number of aryl methyl sites for hydroxylation is 1. The maximum atomic E-state index is 12.9. The third-order valence-corrected chi connectivity index (χ3v) is 3.50. The van der Waals surface area contributed by atoms with E-state index < -0.39 is 0 Å². The quantitative estimate of drug-likeness (QED) is 0.811. The molecule has 0 saturated heterocycles. The SMILES string of the molecule is CNC(CCCc1ccc(F)cc1Cl)C(C)C. The Morgan fingerprint density at radius 2 is 2.06 bits per heavy atom. The van der Waals surface area contributed by atoms with Crippen LogP contribution in [0.4, 0.5) is 4.39 Å². The molecule has 0 bridgehead atoms. The lowest BCUT2D eigenvalue weighted by Crippen LogP contribution is -2.30. The van der Waals surface area contributed by atoms with E-state index in [-0.39, 0.29) is 5.82 Å². The van der Waals surface area contributed by atoms with Gasteiger partial charge in [0.2, 0.25) is 0 Å². The molecule has 1 unspecified atom stereocenters. The monoisotopic (exact) mass is 257 g/mol. The Morgan fingerprint density at radius 1 is 1.35 bits per heavy atom. The summed E-state index contributed by atoms with van der Waals surface area (Å²) in [6.45, 7) is 4.43. The lowest BCUT2D eigenvalue weighted by Gasteiger charge is -2.20. The first-order valence-electron chi connectivity index (χ1n) is 6.15. The molecule has 0 fully saturated rings. The third kappa shape index (κ3) is 4.64. The highest BCUT2D eigenvalue weighted by molar-refractivity contribution is 6.31. The lowest BCUT2D eigenvalue weighted by molar-refractivity contribution is 0.393. The second-order valence-electron chi connectivity index (χ2n) is 4.77. The van der Waals surface area contributed by atoms with Gasteiger partial charge >= 0.3 is 0 Å². The molecule has 1 atom stereocenters. The molecule has 0 spiro atoms. The van der Waals surface area contributed by atoms with Gasteiger partial charge in [0, 0.05) is 11.1 Å². The van der Waals surface area contributed by atoms with Gasteiger partial charge in [0.25, 0.3) is 0 Å². The minimum Gasteiger partial charge on any atom is -0.317 e. The first-order valence-corrected chi connectivity index (χ1v) is 6.53. The van der Waals surface area contributed by atoms with Crippen LogP contribution in [-0.4, -0.2) is 13.1 Å². The highest BCUT2D eigenvalue weighted by Gasteiger charge is 2.10. The zero-order valence-electron chi connectivity index (χ0n) is 10.8. The Hall–Kier alpha value is -0.600. The number of hydrogen-bond donors (Lipinski definition) is 1. The summed E-state index contributed by atoms with van der Waals surface area (Å²) in [5, 5.41) is 3.86. The van der Waals surface area contributed by atoms with Gasteiger partial charge in [-0.25, -0.2) is 4.39 Å². The van der Waals surface area contributed by atoms with E-state index >= 15 is 0 Å². The fourth-order valence-corrected chi connectivity index (χ4v) is 2.31. The summed E-state index contributed by atoms with van der Waals surface area (Å²) >= 11 is 5.99. The lowest BCUT2D eigenvalue weighted by atomic mass is 9.97. The Bertz CT molecular complexity index is 352. The van der Waals surface area contributed by atoms with E-state index in [1.807, 2.05) is 7.05 Å². The van der Waals surface area contributed by atoms with E-state index in [1.165, 1.54) is 12.1 Å². The summed E-state index contributed by atoms with van der Waals surface area (Å²) in [6.07, 6.45) is 3.08. The van der Waals surface area contributed by atoms with E-state index in [4.69, 9.17) is 11.6 Å². The number of halogens is 2. The third-order valence-electron chi connectivity index (χ3n) is 3.15. The van der Waals surface area contributed by atoms with Crippen LogP contribution in [0.3, 0.4) is 0 Å². The summed E-state index contributed by atoms with van der Waals surface area (Å²) in [5.74, 6) is 0.359. The van der Waals surface area contributed by atoms with Crippen molar-refractivity contribution in [2.45, 2.75) is 39.2 Å². The molecule has 0 aromatic heterocycles. The second-order valence-corrected chi connectivity index (χ2v) is 5.17. The number of rotatable bonds is 6. The van der Waals surface area contributed by atoms with E-state index in [0.29, 0.717) is 17.0 Å². The van der Waals surface area contributed by atoms with Crippen molar-refractivity contribution in [1.29, 1.82) is 0 Å². The standard InChI is InChI=1S/C14H21ClFN/c1-10(2)14(17-3)6-4-5-11-7-8-12(16)9-13(11)15/h7-10,14,17H,4-6H2,1-3H3. The maximum Gasteiger partial charge on any atom is 0.124 e. The van der Waals surface area contributed by atoms with E-state index in [2.05, 4.69) is 19.2 Å². The molecule has 0 aliphatic heterocycles. The maximum absolute atomic E-state index is 12.9. The minimum absolute atomic E-state index is 0.269. The first kappa shape index (κ1) is 14.5. The predicted molar refractivity (Wildman–Crippen MR) is 72.0 cm³/mol. The Kier molecular flexibility index (Phi) is 5.93. The van der Waals surface area contributed by atoms with Crippen molar-refractivity contribution in [3.05, 3.63) is 34.6 Å². The Labute approximate surface area is 108 Å². The molecule has 0 saturated carbocycles. The molecule has 0 amide bonds. The van der Waals surface area contributed by atoms with Crippen LogP contribution >= 0.6 is 11.6 Å². The zero-order chi connectivity index (χ0) is 12.8. The van der Waals surface area contributed by atoms with Crippen molar-refractivity contribution in [2.24, 2.45) is 5.92 Å². The van der Waals surface area contributed by atoms with Crippen LogP contribution in [0, 0.1) is 11.7 Å². The number of nitrogens with one attached hydrogen (secondary N) is 1. The summed E-state index contributed by atoms with van der Waals surface area (Å²) in [6, 6.07) is 5.17. The average molecular weight is 258 g/mol. The van der Waals surface area contributed by atoms with Crippen molar-refractivity contribution < 1.29 is 4.39 Å². The average Bonchev–Trinajstić information content (AvgIpc) is 2.26. The van der Waals surface area contributed by atoms with Gasteiger partial charge in [-0.15, -0.1) is 0 Å². The predicted octanol–water partition coefficient (Wildman–Crippen LogP) is 4.05. The van der Waals surface area contributed by atoms with Gasteiger partial charge in [0.15, 0.2) is 0 Å². The van der Waals surface area contributed by atoms with Crippen LogP contribution in [0.5, 0.6) is 0 Å². The molecular formula is C14H21ClFN. The van der Waals surface area contributed by atoms with E-state index in [1.54, 1.807) is 6.07 Å². The van der Waals surface area contributed by atoms with Crippen LogP contribution in [0.1, 0.15) is 32.3 Å². The van der Waals surface area contributed by atoms with Crippen LogP contribution in [0.25, 0.3) is 0 Å². The van der Waals surface area contributed by atoms with Gasteiger partial charge in [-0.1, -0.05) is 31.5 Å². The van der Waals surface area contributed by atoms with Gasteiger partial charge < -0.3 is 5.32 Å². The highest BCUT2D eigenvalue weighted by atomic mass is 35.5. The van der Waals surface area contributed by atoms with Crippen molar-refractivity contribution in [2.75, 3.05) is 7.05 Å². The van der Waals surface area contributed by atoms with E-state index in [0.717, 1.165) is 24.8 Å². The highest BCUT2D eigenvalue weighted by Crippen LogP contribution is 2.20. The molecule has 1 nitrogen and oxygen atoms in total. The fourth-order valence-electron chi connectivity index (χ4n) is 2.05. The summed E-state index contributed by atoms with van der Waals surface area (Å²) < 4.78 is 12.9. The summed E-state index contributed by atoms with van der Waals surface area (Å²) in [4.78, 5) is 0. The smallest absolute Gasteiger partial charge is 0.124 e. The van der Waals surface area contributed by atoms with Gasteiger partial charge in [-0.3, -0.25) is 0 Å². The van der Waals surface area contributed by atoms with Crippen molar-refractivity contribution in [1.82, 2.24) is 5.32 Å². The Balaban J connectivity index is 2.45. The molecule has 17 heavy (non-hydrogen) atoms. The van der Waals surface area contributed by atoms with Crippen molar-refractivity contribution >= 4 is 11.6 Å². The van der Waals surface area contributed by atoms with Crippen molar-refractivity contribution in [3.8, 4) is 0 Å². The van der Waals surface area contributed by atoms with E-state index in [9.17, 15) is 4.39 Å². The molecule has 0 aliphatic rings. The fraction of sp³-hybridized carbons (Fsp3) is 0.571. The molecule has 96 valence electrons. The van der Waals surface area contributed by atoms with Crippen LogP contribution in [-0.2, 0) is 6.42 Å². The van der Waals surface area contributed by atoms with Crippen LogP contribution < -0.4 is 5.32 Å². The minimum atomic E-state index is -0.269. The molecule has 0 heterocycles. The first-order chi connectivity index (χ1) is 8.04. The molecule has 1 rings (SSSR count). The summed E-state index contributed by atoms with van der Waals surface area (Å²) in [7, 11) is 2.00. The van der Waals surface area contributed by atoms with Gasteiger partial charge in [-0.2, -0.15) is 0 Å². The van der Waals surface area contributed by atoms with Crippen LogP contribution in [0.15, 0.2) is 18.2 Å². The van der Waals surface area contributed by atoms with Crippen LogP contribution in [0.2, 0.25) is 5.02 Å².